The molecule has 7 nitrogen and oxygen atoms in total. The molecule has 22 heavy (non-hydrogen) atoms. The van der Waals surface area contributed by atoms with E-state index in [0.29, 0.717) is 6.04 Å². The van der Waals surface area contributed by atoms with Gasteiger partial charge in [-0.25, -0.2) is 14.5 Å². The van der Waals surface area contributed by atoms with Crippen LogP contribution in [0.1, 0.15) is 12.8 Å². The zero-order valence-corrected chi connectivity index (χ0v) is 12.1. The van der Waals surface area contributed by atoms with Crippen LogP contribution in [0, 0.1) is 0 Å². The fourth-order valence-corrected chi connectivity index (χ4v) is 2.76. The molecule has 0 aliphatic carbocycles. The van der Waals surface area contributed by atoms with Crippen molar-refractivity contribution in [1.29, 1.82) is 0 Å². The first kappa shape index (κ1) is 13.1. The van der Waals surface area contributed by atoms with Crippen molar-refractivity contribution in [3.05, 3.63) is 37.1 Å². The van der Waals surface area contributed by atoms with Gasteiger partial charge < -0.3 is 10.6 Å². The molecule has 3 aromatic rings. The number of hydrogen-bond acceptors (Lipinski definition) is 6. The van der Waals surface area contributed by atoms with Gasteiger partial charge in [0, 0.05) is 25.0 Å². The van der Waals surface area contributed by atoms with Gasteiger partial charge in [0.25, 0.3) is 0 Å². The van der Waals surface area contributed by atoms with Gasteiger partial charge >= 0.3 is 0 Å². The molecular formula is C15H17N7. The number of anilines is 1. The number of piperidine rings is 1. The number of hydrogen-bond donors (Lipinski definition) is 2. The lowest BCUT2D eigenvalue weighted by atomic mass is 10.1. The SMILES string of the molecule is c1cnc2c(-c3cncc(N[C@@H]4CCCNC4)n3)cnn2c1. The predicted octanol–water partition coefficient (Wildman–Crippen LogP) is 1.35. The van der Waals surface area contributed by atoms with Crippen molar-refractivity contribution in [3.8, 4) is 11.3 Å². The summed E-state index contributed by atoms with van der Waals surface area (Å²) in [6, 6.07) is 2.25. The van der Waals surface area contributed by atoms with Crippen LogP contribution in [0.2, 0.25) is 0 Å². The van der Waals surface area contributed by atoms with Gasteiger partial charge in [-0.3, -0.25) is 4.98 Å². The van der Waals surface area contributed by atoms with Crippen LogP contribution in [0.15, 0.2) is 37.1 Å². The summed E-state index contributed by atoms with van der Waals surface area (Å²) < 4.78 is 1.74. The van der Waals surface area contributed by atoms with Gasteiger partial charge in [0.15, 0.2) is 5.65 Å². The van der Waals surface area contributed by atoms with Crippen molar-refractivity contribution < 1.29 is 0 Å². The number of aromatic nitrogens is 5. The minimum atomic E-state index is 0.403. The van der Waals surface area contributed by atoms with E-state index in [1.807, 2.05) is 12.3 Å². The minimum absolute atomic E-state index is 0.403. The third-order valence-electron chi connectivity index (χ3n) is 3.84. The maximum absolute atomic E-state index is 4.66. The molecular weight excluding hydrogens is 278 g/mol. The van der Waals surface area contributed by atoms with Crippen molar-refractivity contribution >= 4 is 11.5 Å². The molecule has 0 amide bonds. The molecule has 1 fully saturated rings. The summed E-state index contributed by atoms with van der Waals surface area (Å²) in [5, 5.41) is 11.1. The lowest BCUT2D eigenvalue weighted by Gasteiger charge is -2.24. The van der Waals surface area contributed by atoms with Gasteiger partial charge in [-0.1, -0.05) is 0 Å². The second kappa shape index (κ2) is 5.69. The molecule has 1 aliphatic rings. The highest BCUT2D eigenvalue weighted by Gasteiger charge is 2.14. The number of fused-ring (bicyclic) bond motifs is 1. The summed E-state index contributed by atoms with van der Waals surface area (Å²) >= 11 is 0. The molecule has 4 heterocycles. The molecule has 7 heteroatoms. The van der Waals surface area contributed by atoms with Crippen molar-refractivity contribution in [1.82, 2.24) is 29.9 Å². The molecule has 0 aromatic carbocycles. The zero-order chi connectivity index (χ0) is 14.8. The molecule has 0 saturated carbocycles. The number of rotatable bonds is 3. The van der Waals surface area contributed by atoms with E-state index in [4.69, 9.17) is 0 Å². The van der Waals surface area contributed by atoms with E-state index in [1.54, 1.807) is 29.3 Å². The molecule has 1 aliphatic heterocycles. The summed E-state index contributed by atoms with van der Waals surface area (Å²) in [6.45, 7) is 2.06. The zero-order valence-electron chi connectivity index (χ0n) is 12.1. The quantitative estimate of drug-likeness (QED) is 0.759. The Hall–Kier alpha value is -2.54. The van der Waals surface area contributed by atoms with E-state index in [9.17, 15) is 0 Å². The third-order valence-corrected chi connectivity index (χ3v) is 3.84. The van der Waals surface area contributed by atoms with Crippen LogP contribution in [0.4, 0.5) is 5.82 Å². The largest absolute Gasteiger partial charge is 0.365 e. The van der Waals surface area contributed by atoms with Crippen molar-refractivity contribution in [2.45, 2.75) is 18.9 Å². The van der Waals surface area contributed by atoms with E-state index < -0.39 is 0 Å². The van der Waals surface area contributed by atoms with E-state index >= 15 is 0 Å². The fourth-order valence-electron chi connectivity index (χ4n) is 2.76. The number of nitrogens with zero attached hydrogens (tertiary/aromatic N) is 5. The van der Waals surface area contributed by atoms with E-state index in [1.165, 1.54) is 6.42 Å². The standard InChI is InChI=1S/C15H17N7/c1-3-11(7-16-4-1)20-14-10-17-9-13(21-14)12-8-19-22-6-2-5-18-15(12)22/h2,5-6,8-11,16H,1,3-4,7H2,(H,20,21)/t11-/m1/s1. The van der Waals surface area contributed by atoms with Crippen LogP contribution < -0.4 is 10.6 Å². The van der Waals surface area contributed by atoms with Gasteiger partial charge in [0.05, 0.1) is 29.8 Å². The Labute approximate surface area is 127 Å². The highest BCUT2D eigenvalue weighted by Crippen LogP contribution is 2.21. The summed E-state index contributed by atoms with van der Waals surface area (Å²) in [7, 11) is 0. The van der Waals surface area contributed by atoms with E-state index in [2.05, 4.69) is 30.7 Å². The van der Waals surface area contributed by atoms with Gasteiger partial charge in [-0.05, 0) is 25.5 Å². The van der Waals surface area contributed by atoms with Crippen LogP contribution >= 0.6 is 0 Å². The summed E-state index contributed by atoms with van der Waals surface area (Å²) in [4.78, 5) is 13.3. The van der Waals surface area contributed by atoms with Gasteiger partial charge in [-0.2, -0.15) is 5.10 Å². The Morgan fingerprint density at radius 3 is 3.18 bits per heavy atom. The predicted molar refractivity (Wildman–Crippen MR) is 83.5 cm³/mol. The highest BCUT2D eigenvalue weighted by atomic mass is 15.2. The van der Waals surface area contributed by atoms with E-state index in [0.717, 1.165) is 42.2 Å². The normalized spacial score (nSPS) is 18.5. The smallest absolute Gasteiger partial charge is 0.164 e. The first-order valence-corrected chi connectivity index (χ1v) is 7.48. The minimum Gasteiger partial charge on any atom is -0.365 e. The molecule has 0 bridgehead atoms. The topological polar surface area (TPSA) is 80.0 Å². The van der Waals surface area contributed by atoms with Crippen LogP contribution in [-0.4, -0.2) is 43.7 Å². The van der Waals surface area contributed by atoms with Crippen molar-refractivity contribution in [2.24, 2.45) is 0 Å². The third kappa shape index (κ3) is 2.50. The van der Waals surface area contributed by atoms with E-state index in [-0.39, 0.29) is 0 Å². The Kier molecular flexibility index (Phi) is 3.40. The Morgan fingerprint density at radius 1 is 1.27 bits per heavy atom. The molecule has 1 saturated heterocycles. The maximum atomic E-state index is 4.66. The summed E-state index contributed by atoms with van der Waals surface area (Å²) in [6.07, 6.45) is 11.2. The average Bonchev–Trinajstić information content (AvgIpc) is 3.00. The monoisotopic (exact) mass is 295 g/mol. The second-order valence-corrected chi connectivity index (χ2v) is 5.42. The Morgan fingerprint density at radius 2 is 2.27 bits per heavy atom. The van der Waals surface area contributed by atoms with Crippen LogP contribution in [0.5, 0.6) is 0 Å². The molecule has 3 aromatic heterocycles. The average molecular weight is 295 g/mol. The maximum Gasteiger partial charge on any atom is 0.164 e. The molecule has 1 atom stereocenters. The second-order valence-electron chi connectivity index (χ2n) is 5.42. The van der Waals surface area contributed by atoms with Crippen LogP contribution in [0.3, 0.4) is 0 Å². The summed E-state index contributed by atoms with van der Waals surface area (Å²) in [5.41, 5.74) is 2.45. The van der Waals surface area contributed by atoms with Gasteiger partial charge in [0.2, 0.25) is 0 Å². The lowest BCUT2D eigenvalue weighted by Crippen LogP contribution is -2.38. The van der Waals surface area contributed by atoms with Crippen molar-refractivity contribution in [3.63, 3.8) is 0 Å². The van der Waals surface area contributed by atoms with Gasteiger partial charge in [0.1, 0.15) is 5.82 Å². The Balaban J connectivity index is 1.63. The molecule has 0 unspecified atom stereocenters. The molecule has 0 radical (unpaired) electrons. The fraction of sp³-hybridized carbons (Fsp3) is 0.333. The van der Waals surface area contributed by atoms with Crippen LogP contribution in [0.25, 0.3) is 16.9 Å². The first-order chi connectivity index (χ1) is 10.9. The number of nitrogens with one attached hydrogen (secondary N) is 2. The van der Waals surface area contributed by atoms with Gasteiger partial charge in [-0.15, -0.1) is 0 Å². The summed E-state index contributed by atoms with van der Waals surface area (Å²) in [5.74, 6) is 0.793. The highest BCUT2D eigenvalue weighted by molar-refractivity contribution is 5.74. The molecule has 112 valence electrons. The first-order valence-electron chi connectivity index (χ1n) is 7.48. The Bertz CT molecular complexity index is 776. The lowest BCUT2D eigenvalue weighted by molar-refractivity contribution is 0.479. The molecule has 2 N–H and O–H groups in total. The van der Waals surface area contributed by atoms with Crippen LogP contribution in [-0.2, 0) is 0 Å². The van der Waals surface area contributed by atoms with Crippen molar-refractivity contribution in [2.75, 3.05) is 18.4 Å². The molecule has 0 spiro atoms. The molecule has 4 rings (SSSR count).